The number of aliphatic hydroxyl groups is 1. The molecule has 1 N–H and O–H groups in total. The number of ether oxygens (including phenoxy) is 2. The summed E-state index contributed by atoms with van der Waals surface area (Å²) in [5, 5.41) is 11.6. The Morgan fingerprint density at radius 3 is 2.65 bits per heavy atom. The number of likely N-dealkylation sites (tertiary alicyclic amines) is 1. The third-order valence-corrected chi connectivity index (χ3v) is 5.88. The van der Waals surface area contributed by atoms with E-state index in [-0.39, 0.29) is 28.5 Å². The summed E-state index contributed by atoms with van der Waals surface area (Å²) >= 11 is 6.38. The number of methoxy groups -OCH3 is 1. The molecule has 0 radical (unpaired) electrons. The smallest absolute Gasteiger partial charge is 0.295 e. The lowest BCUT2D eigenvalue weighted by Gasteiger charge is -2.26. The highest BCUT2D eigenvalue weighted by Gasteiger charge is 2.47. The number of nitrogens with zero attached hydrogens (tertiary/aromatic N) is 2. The minimum Gasteiger partial charge on any atom is -0.507 e. The number of carbonyl (C=O) groups excluding carboxylic acids is 2. The number of Topliss-reactive ketones (excluding diaryl/α,β-unsaturated/α-hetero) is 1. The van der Waals surface area contributed by atoms with E-state index in [1.54, 1.807) is 60.9 Å². The average Bonchev–Trinajstić information content (AvgIpc) is 3.10. The van der Waals surface area contributed by atoms with Crippen LogP contribution < -0.4 is 9.47 Å². The van der Waals surface area contributed by atoms with Crippen LogP contribution >= 0.6 is 11.6 Å². The summed E-state index contributed by atoms with van der Waals surface area (Å²) < 4.78 is 11.1. The van der Waals surface area contributed by atoms with Crippen LogP contribution in [0.15, 0.2) is 72.6 Å². The first-order valence-electron chi connectivity index (χ1n) is 10.7. The first kappa shape index (κ1) is 23.3. The van der Waals surface area contributed by atoms with E-state index < -0.39 is 17.7 Å². The van der Waals surface area contributed by atoms with E-state index in [9.17, 15) is 14.7 Å². The lowest BCUT2D eigenvalue weighted by molar-refractivity contribution is -0.140. The fraction of sp³-hybridized carbons (Fsp3) is 0.192. The summed E-state index contributed by atoms with van der Waals surface area (Å²) in [5.41, 5.74) is 1.42. The fourth-order valence-electron chi connectivity index (χ4n) is 4.03. The number of benzene rings is 2. The van der Waals surface area contributed by atoms with Crippen LogP contribution in [0.3, 0.4) is 0 Å². The molecule has 7 nitrogen and oxygen atoms in total. The van der Waals surface area contributed by atoms with Crippen molar-refractivity contribution < 1.29 is 24.2 Å². The zero-order valence-corrected chi connectivity index (χ0v) is 19.5. The van der Waals surface area contributed by atoms with Crippen LogP contribution in [0.4, 0.5) is 0 Å². The van der Waals surface area contributed by atoms with Gasteiger partial charge in [-0.2, -0.15) is 0 Å². The molecule has 0 saturated carbocycles. The van der Waals surface area contributed by atoms with Crippen molar-refractivity contribution in [3.05, 3.63) is 94.3 Å². The molecule has 1 unspecified atom stereocenters. The van der Waals surface area contributed by atoms with Crippen molar-refractivity contribution >= 4 is 29.1 Å². The largest absolute Gasteiger partial charge is 0.507 e. The number of ketones is 1. The number of pyridine rings is 1. The number of para-hydroxylation sites is 1. The summed E-state index contributed by atoms with van der Waals surface area (Å²) in [6.45, 7) is 2.36. The SMILES string of the molecule is CCOc1ccc(Cl)c(/C(O)=C2\C(=O)C(=O)N(Cc3cccnc3)C2c2ccccc2OC)c1. The molecule has 1 saturated heterocycles. The highest BCUT2D eigenvalue weighted by atomic mass is 35.5. The van der Waals surface area contributed by atoms with Crippen molar-refractivity contribution in [3.63, 3.8) is 0 Å². The van der Waals surface area contributed by atoms with Gasteiger partial charge in [0.25, 0.3) is 11.7 Å². The maximum Gasteiger partial charge on any atom is 0.295 e. The maximum absolute atomic E-state index is 13.3. The highest BCUT2D eigenvalue weighted by Crippen LogP contribution is 2.44. The molecule has 2 aromatic carbocycles. The highest BCUT2D eigenvalue weighted by molar-refractivity contribution is 6.47. The molecule has 174 valence electrons. The third-order valence-electron chi connectivity index (χ3n) is 5.55. The fourth-order valence-corrected chi connectivity index (χ4v) is 4.24. The molecule has 1 aliphatic heterocycles. The van der Waals surface area contributed by atoms with Gasteiger partial charge in [-0.25, -0.2) is 0 Å². The zero-order valence-electron chi connectivity index (χ0n) is 18.7. The van der Waals surface area contributed by atoms with Gasteiger partial charge in [0.1, 0.15) is 17.3 Å². The van der Waals surface area contributed by atoms with Crippen molar-refractivity contribution in [2.45, 2.75) is 19.5 Å². The van der Waals surface area contributed by atoms with Gasteiger partial charge in [-0.15, -0.1) is 0 Å². The Bertz CT molecular complexity index is 1260. The number of rotatable bonds is 7. The first-order chi connectivity index (χ1) is 16.5. The van der Waals surface area contributed by atoms with Gasteiger partial charge < -0.3 is 19.5 Å². The second-order valence-corrected chi connectivity index (χ2v) is 8.01. The predicted octanol–water partition coefficient (Wildman–Crippen LogP) is 4.76. The summed E-state index contributed by atoms with van der Waals surface area (Å²) in [6, 6.07) is 14.5. The quantitative estimate of drug-likeness (QED) is 0.299. The number of aliphatic hydroxyl groups excluding tert-OH is 1. The van der Waals surface area contributed by atoms with E-state index in [1.807, 2.05) is 13.0 Å². The Labute approximate surface area is 202 Å². The van der Waals surface area contributed by atoms with E-state index in [1.165, 1.54) is 12.0 Å². The maximum atomic E-state index is 13.3. The molecule has 0 spiro atoms. The lowest BCUT2D eigenvalue weighted by Crippen LogP contribution is -2.29. The second kappa shape index (κ2) is 9.97. The Balaban J connectivity index is 1.92. The van der Waals surface area contributed by atoms with Crippen molar-refractivity contribution in [1.82, 2.24) is 9.88 Å². The zero-order chi connectivity index (χ0) is 24.2. The van der Waals surface area contributed by atoms with Gasteiger partial charge in [0.2, 0.25) is 0 Å². The van der Waals surface area contributed by atoms with Gasteiger partial charge in [0, 0.05) is 30.1 Å². The molecule has 4 rings (SSSR count). The number of carbonyl (C=O) groups is 2. The second-order valence-electron chi connectivity index (χ2n) is 7.60. The van der Waals surface area contributed by atoms with Crippen LogP contribution in [-0.2, 0) is 16.1 Å². The molecule has 1 fully saturated rings. The van der Waals surface area contributed by atoms with Crippen LogP contribution in [0.5, 0.6) is 11.5 Å². The monoisotopic (exact) mass is 478 g/mol. The number of hydrogen-bond donors (Lipinski definition) is 1. The lowest BCUT2D eigenvalue weighted by atomic mass is 9.94. The molecule has 1 amide bonds. The minimum absolute atomic E-state index is 0.0751. The molecule has 2 heterocycles. The van der Waals surface area contributed by atoms with E-state index >= 15 is 0 Å². The minimum atomic E-state index is -0.900. The van der Waals surface area contributed by atoms with Crippen LogP contribution in [0.25, 0.3) is 5.76 Å². The number of halogens is 1. The number of aromatic nitrogens is 1. The first-order valence-corrected chi connectivity index (χ1v) is 11.1. The predicted molar refractivity (Wildman–Crippen MR) is 128 cm³/mol. The van der Waals surface area contributed by atoms with Crippen LogP contribution in [0.2, 0.25) is 5.02 Å². The molecule has 8 heteroatoms. The van der Waals surface area contributed by atoms with Gasteiger partial charge in [0.15, 0.2) is 0 Å². The molecule has 0 bridgehead atoms. The molecule has 0 aliphatic carbocycles. The Hall–Kier alpha value is -3.84. The van der Waals surface area contributed by atoms with Gasteiger partial charge in [-0.3, -0.25) is 14.6 Å². The van der Waals surface area contributed by atoms with Gasteiger partial charge in [0.05, 0.1) is 30.4 Å². The molecule has 1 atom stereocenters. The van der Waals surface area contributed by atoms with Crippen LogP contribution in [0, 0.1) is 0 Å². The van der Waals surface area contributed by atoms with E-state index in [0.717, 1.165) is 5.56 Å². The molecular weight excluding hydrogens is 456 g/mol. The Morgan fingerprint density at radius 2 is 1.94 bits per heavy atom. The van der Waals surface area contributed by atoms with Crippen LogP contribution in [0.1, 0.15) is 29.7 Å². The molecular formula is C26H23ClN2O5. The normalized spacial score (nSPS) is 17.1. The summed E-state index contributed by atoms with van der Waals surface area (Å²) in [5.74, 6) is -0.972. The van der Waals surface area contributed by atoms with E-state index in [2.05, 4.69) is 4.98 Å². The molecule has 1 aromatic heterocycles. The summed E-state index contributed by atoms with van der Waals surface area (Å²) in [7, 11) is 1.51. The summed E-state index contributed by atoms with van der Waals surface area (Å²) in [6.07, 6.45) is 3.25. The van der Waals surface area contributed by atoms with Crippen molar-refractivity contribution in [2.75, 3.05) is 13.7 Å². The van der Waals surface area contributed by atoms with Crippen LogP contribution in [-0.4, -0.2) is 40.4 Å². The van der Waals surface area contributed by atoms with Crippen molar-refractivity contribution in [2.24, 2.45) is 0 Å². The van der Waals surface area contributed by atoms with Gasteiger partial charge in [-0.1, -0.05) is 35.9 Å². The molecule has 34 heavy (non-hydrogen) atoms. The topological polar surface area (TPSA) is 89.0 Å². The number of hydrogen-bond acceptors (Lipinski definition) is 6. The molecule has 1 aliphatic rings. The van der Waals surface area contributed by atoms with Crippen molar-refractivity contribution in [3.8, 4) is 11.5 Å². The Kier molecular flexibility index (Phi) is 6.84. The van der Waals surface area contributed by atoms with E-state index in [0.29, 0.717) is 23.7 Å². The standard InChI is InChI=1S/C26H23ClN2O5/c1-3-34-17-10-11-20(27)19(13-17)24(30)22-23(18-8-4-5-9-21(18)33-2)29(26(32)25(22)31)15-16-7-6-12-28-14-16/h4-14,23,30H,3,15H2,1-2H3/b24-22+. The van der Waals surface area contributed by atoms with Gasteiger partial charge >= 0.3 is 0 Å². The van der Waals surface area contributed by atoms with Gasteiger partial charge in [-0.05, 0) is 42.8 Å². The van der Waals surface area contributed by atoms with E-state index in [4.69, 9.17) is 21.1 Å². The Morgan fingerprint density at radius 1 is 1.15 bits per heavy atom. The number of amides is 1. The molecule has 3 aromatic rings. The van der Waals surface area contributed by atoms with Crippen molar-refractivity contribution in [1.29, 1.82) is 0 Å². The average molecular weight is 479 g/mol. The summed E-state index contributed by atoms with van der Waals surface area (Å²) in [4.78, 5) is 32.0. The third kappa shape index (κ3) is 4.34.